The number of benzene rings is 2. The summed E-state index contributed by atoms with van der Waals surface area (Å²) < 4.78 is 27.4. The first-order valence-corrected chi connectivity index (χ1v) is 12.7. The molecule has 4 rings (SSSR count). The number of carbonyl (C=O) groups is 1. The lowest BCUT2D eigenvalue weighted by molar-refractivity contribution is 0.0955. The second-order valence-corrected chi connectivity index (χ2v) is 10.6. The second kappa shape index (κ2) is 9.10. The van der Waals surface area contributed by atoms with Crippen molar-refractivity contribution in [3.8, 4) is 0 Å². The van der Waals surface area contributed by atoms with E-state index >= 15 is 0 Å². The summed E-state index contributed by atoms with van der Waals surface area (Å²) in [7, 11) is -3.49. The average Bonchev–Trinajstić information content (AvgIpc) is 3.20. The van der Waals surface area contributed by atoms with Gasteiger partial charge in [0.15, 0.2) is 0 Å². The largest absolute Gasteiger partial charge is 0.347 e. The molecule has 0 saturated carbocycles. The van der Waals surface area contributed by atoms with Gasteiger partial charge >= 0.3 is 0 Å². The standard InChI is InChI=1S/C24H23N3O3S2/c1-17-5-7-18(8-6-17)16-27(32(2,29)30)21-9-10-22-20(12-21)13-23(31-22)24(28)26-15-19-4-3-11-25-14-19/h3-14H,15-16H2,1-2H3,(H,26,28). The molecular weight excluding hydrogens is 442 g/mol. The number of carbonyl (C=O) groups excluding carboxylic acids is 1. The zero-order valence-electron chi connectivity index (χ0n) is 17.8. The minimum Gasteiger partial charge on any atom is -0.347 e. The van der Waals surface area contributed by atoms with Crippen LogP contribution in [0.2, 0.25) is 0 Å². The normalized spacial score (nSPS) is 11.4. The van der Waals surface area contributed by atoms with Crippen LogP contribution < -0.4 is 9.62 Å². The molecule has 1 N–H and O–H groups in total. The molecule has 0 spiro atoms. The van der Waals surface area contributed by atoms with Crippen LogP contribution in [0.3, 0.4) is 0 Å². The Morgan fingerprint density at radius 3 is 2.53 bits per heavy atom. The van der Waals surface area contributed by atoms with Gasteiger partial charge in [0.25, 0.3) is 5.91 Å². The highest BCUT2D eigenvalue weighted by Gasteiger charge is 2.19. The average molecular weight is 466 g/mol. The highest BCUT2D eigenvalue weighted by atomic mass is 32.2. The Balaban J connectivity index is 1.57. The van der Waals surface area contributed by atoms with E-state index in [9.17, 15) is 13.2 Å². The van der Waals surface area contributed by atoms with Crippen molar-refractivity contribution in [2.75, 3.05) is 10.6 Å². The second-order valence-electron chi connectivity index (χ2n) is 7.63. The Morgan fingerprint density at radius 1 is 1.06 bits per heavy atom. The Hall–Kier alpha value is -3.23. The summed E-state index contributed by atoms with van der Waals surface area (Å²) >= 11 is 1.38. The minimum atomic E-state index is -3.49. The zero-order valence-corrected chi connectivity index (χ0v) is 19.4. The monoisotopic (exact) mass is 465 g/mol. The van der Waals surface area contributed by atoms with Crippen LogP contribution in [0.4, 0.5) is 5.69 Å². The minimum absolute atomic E-state index is 0.170. The molecule has 4 aromatic rings. The fourth-order valence-corrected chi connectivity index (χ4v) is 5.17. The van der Waals surface area contributed by atoms with Gasteiger partial charge in [0.1, 0.15) is 0 Å². The van der Waals surface area contributed by atoms with E-state index in [0.29, 0.717) is 17.1 Å². The first kappa shape index (κ1) is 22.0. The van der Waals surface area contributed by atoms with E-state index in [1.807, 2.05) is 55.5 Å². The maximum absolute atomic E-state index is 12.6. The Morgan fingerprint density at radius 2 is 1.84 bits per heavy atom. The number of nitrogens with zero attached hydrogens (tertiary/aromatic N) is 2. The van der Waals surface area contributed by atoms with Gasteiger partial charge in [-0.3, -0.25) is 14.1 Å². The number of hydrogen-bond donors (Lipinski definition) is 1. The molecule has 32 heavy (non-hydrogen) atoms. The smallest absolute Gasteiger partial charge is 0.261 e. The molecule has 0 radical (unpaired) electrons. The number of sulfonamides is 1. The lowest BCUT2D eigenvalue weighted by Gasteiger charge is -2.22. The van der Waals surface area contributed by atoms with Crippen molar-refractivity contribution >= 4 is 43.0 Å². The van der Waals surface area contributed by atoms with Crippen molar-refractivity contribution in [1.82, 2.24) is 10.3 Å². The molecule has 0 aliphatic carbocycles. The maximum atomic E-state index is 12.6. The summed E-state index contributed by atoms with van der Waals surface area (Å²) in [6.07, 6.45) is 4.61. The van der Waals surface area contributed by atoms with Gasteiger partial charge in [-0.25, -0.2) is 8.42 Å². The van der Waals surface area contributed by atoms with E-state index in [1.54, 1.807) is 24.5 Å². The Bertz CT molecular complexity index is 1350. The maximum Gasteiger partial charge on any atom is 0.261 e. The van der Waals surface area contributed by atoms with E-state index in [0.717, 1.165) is 26.8 Å². The number of thiophene rings is 1. The topological polar surface area (TPSA) is 79.4 Å². The Kier molecular flexibility index (Phi) is 6.25. The van der Waals surface area contributed by atoms with Crippen molar-refractivity contribution < 1.29 is 13.2 Å². The molecule has 6 nitrogen and oxygen atoms in total. The molecule has 1 amide bonds. The SMILES string of the molecule is Cc1ccc(CN(c2ccc3sc(C(=O)NCc4cccnc4)cc3c2)S(C)(=O)=O)cc1. The lowest BCUT2D eigenvalue weighted by Crippen LogP contribution is -2.29. The first-order valence-electron chi connectivity index (χ1n) is 10.0. The number of aromatic nitrogens is 1. The number of pyridine rings is 1. The van der Waals surface area contributed by atoms with Crippen LogP contribution in [-0.2, 0) is 23.1 Å². The summed E-state index contributed by atoms with van der Waals surface area (Å²) in [6, 6.07) is 18.8. The quantitative estimate of drug-likeness (QED) is 0.436. The molecule has 0 fully saturated rings. The number of aryl methyl sites for hydroxylation is 1. The van der Waals surface area contributed by atoms with Gasteiger partial charge in [-0.15, -0.1) is 11.3 Å². The van der Waals surface area contributed by atoms with Gasteiger partial charge in [0, 0.05) is 23.6 Å². The predicted octanol–water partition coefficient (Wildman–Crippen LogP) is 4.50. The van der Waals surface area contributed by atoms with Crippen LogP contribution in [0.1, 0.15) is 26.4 Å². The third-order valence-electron chi connectivity index (χ3n) is 5.03. The van der Waals surface area contributed by atoms with Gasteiger partial charge in [-0.2, -0.15) is 0 Å². The third kappa shape index (κ3) is 5.15. The first-order chi connectivity index (χ1) is 15.3. The summed E-state index contributed by atoms with van der Waals surface area (Å²) in [5.41, 5.74) is 3.51. The number of anilines is 1. The van der Waals surface area contributed by atoms with Gasteiger partial charge in [-0.1, -0.05) is 35.9 Å². The highest BCUT2D eigenvalue weighted by Crippen LogP contribution is 2.31. The fraction of sp³-hybridized carbons (Fsp3) is 0.167. The van der Waals surface area contributed by atoms with E-state index in [4.69, 9.17) is 0 Å². The van der Waals surface area contributed by atoms with Crippen LogP contribution in [0.25, 0.3) is 10.1 Å². The zero-order chi connectivity index (χ0) is 22.7. The van der Waals surface area contributed by atoms with Gasteiger partial charge in [-0.05, 0) is 53.8 Å². The summed E-state index contributed by atoms with van der Waals surface area (Å²) in [4.78, 5) is 17.2. The molecule has 0 aliphatic rings. The van der Waals surface area contributed by atoms with Crippen molar-refractivity contribution in [1.29, 1.82) is 0 Å². The van der Waals surface area contributed by atoms with Crippen molar-refractivity contribution in [2.45, 2.75) is 20.0 Å². The third-order valence-corrected chi connectivity index (χ3v) is 7.29. The number of nitrogens with one attached hydrogen (secondary N) is 1. The van der Waals surface area contributed by atoms with Crippen LogP contribution in [-0.4, -0.2) is 25.6 Å². The molecule has 8 heteroatoms. The molecule has 0 bridgehead atoms. The lowest BCUT2D eigenvalue weighted by atomic mass is 10.1. The summed E-state index contributed by atoms with van der Waals surface area (Å²) in [5.74, 6) is -0.170. The van der Waals surface area contributed by atoms with Crippen LogP contribution >= 0.6 is 11.3 Å². The van der Waals surface area contributed by atoms with E-state index in [-0.39, 0.29) is 12.5 Å². The summed E-state index contributed by atoms with van der Waals surface area (Å²) in [5, 5.41) is 3.73. The summed E-state index contributed by atoms with van der Waals surface area (Å²) in [6.45, 7) is 2.63. The number of fused-ring (bicyclic) bond motifs is 1. The number of amides is 1. The molecule has 2 aromatic carbocycles. The molecule has 0 saturated heterocycles. The van der Waals surface area contributed by atoms with Crippen LogP contribution in [0.15, 0.2) is 73.1 Å². The molecule has 0 unspecified atom stereocenters. The van der Waals surface area contributed by atoms with Gasteiger partial charge < -0.3 is 5.32 Å². The Labute approximate surface area is 191 Å². The fourth-order valence-electron chi connectivity index (χ4n) is 3.33. The van der Waals surface area contributed by atoms with E-state index < -0.39 is 10.0 Å². The molecular formula is C24H23N3O3S2. The molecule has 164 valence electrons. The highest BCUT2D eigenvalue weighted by molar-refractivity contribution is 7.92. The van der Waals surface area contributed by atoms with Crippen molar-refractivity contribution in [2.24, 2.45) is 0 Å². The molecule has 0 aliphatic heterocycles. The molecule has 2 heterocycles. The van der Waals surface area contributed by atoms with Crippen molar-refractivity contribution in [3.63, 3.8) is 0 Å². The molecule has 2 aromatic heterocycles. The van der Waals surface area contributed by atoms with E-state index in [2.05, 4.69) is 10.3 Å². The van der Waals surface area contributed by atoms with E-state index in [1.165, 1.54) is 21.9 Å². The van der Waals surface area contributed by atoms with Crippen LogP contribution in [0, 0.1) is 6.92 Å². The predicted molar refractivity (Wildman–Crippen MR) is 129 cm³/mol. The van der Waals surface area contributed by atoms with Crippen LogP contribution in [0.5, 0.6) is 0 Å². The van der Waals surface area contributed by atoms with Gasteiger partial charge in [0.05, 0.1) is 23.4 Å². The number of hydrogen-bond acceptors (Lipinski definition) is 5. The van der Waals surface area contributed by atoms with Crippen molar-refractivity contribution in [3.05, 3.63) is 94.6 Å². The van der Waals surface area contributed by atoms with Gasteiger partial charge in [0.2, 0.25) is 10.0 Å². The number of rotatable bonds is 7. The molecule has 0 atom stereocenters.